The van der Waals surface area contributed by atoms with Gasteiger partial charge in [-0.1, -0.05) is 34.4 Å². The van der Waals surface area contributed by atoms with Gasteiger partial charge in [0.25, 0.3) is 0 Å². The highest BCUT2D eigenvalue weighted by molar-refractivity contribution is 6.39. The Morgan fingerprint density at radius 1 is 1.35 bits per heavy atom. The topological polar surface area (TPSA) is 52.3 Å². The van der Waals surface area contributed by atoms with Crippen LogP contribution in [0.15, 0.2) is 29.0 Å². The van der Waals surface area contributed by atoms with E-state index in [1.54, 1.807) is 18.2 Å². The number of carbonyl (C=O) groups is 1. The standard InChI is InChI=1S/C14H11Cl2NO3/c15-10-2-1-3-11(16)12(10)13-9(7-20-17-13)14(18)19-6-8-4-5-8/h1-3,7-8H,4-6H2. The monoisotopic (exact) mass is 311 g/mol. The highest BCUT2D eigenvalue weighted by atomic mass is 35.5. The molecule has 0 aliphatic heterocycles. The minimum absolute atomic E-state index is 0.237. The maximum Gasteiger partial charge on any atom is 0.343 e. The molecule has 1 aromatic carbocycles. The molecular weight excluding hydrogens is 301 g/mol. The van der Waals surface area contributed by atoms with E-state index in [4.69, 9.17) is 32.5 Å². The van der Waals surface area contributed by atoms with E-state index in [0.717, 1.165) is 12.8 Å². The average molecular weight is 312 g/mol. The third-order valence-corrected chi connectivity index (χ3v) is 3.77. The Morgan fingerprint density at radius 2 is 2.05 bits per heavy atom. The molecule has 1 heterocycles. The SMILES string of the molecule is O=C(OCC1CC1)c1conc1-c1c(Cl)cccc1Cl. The van der Waals surface area contributed by atoms with Crippen LogP contribution in [0.3, 0.4) is 0 Å². The van der Waals surface area contributed by atoms with Gasteiger partial charge in [0.05, 0.1) is 16.7 Å². The van der Waals surface area contributed by atoms with Gasteiger partial charge >= 0.3 is 5.97 Å². The number of rotatable bonds is 4. The van der Waals surface area contributed by atoms with Gasteiger partial charge in [0.15, 0.2) is 0 Å². The van der Waals surface area contributed by atoms with Crippen LogP contribution in [0, 0.1) is 5.92 Å². The minimum Gasteiger partial charge on any atom is -0.462 e. The molecule has 0 amide bonds. The van der Waals surface area contributed by atoms with Gasteiger partial charge in [-0.25, -0.2) is 4.79 Å². The number of benzene rings is 1. The van der Waals surface area contributed by atoms with Gasteiger partial charge in [-0.05, 0) is 30.9 Å². The second-order valence-corrected chi connectivity index (χ2v) is 5.53. The lowest BCUT2D eigenvalue weighted by Crippen LogP contribution is -2.08. The smallest absolute Gasteiger partial charge is 0.343 e. The quantitative estimate of drug-likeness (QED) is 0.793. The molecule has 0 bridgehead atoms. The maximum atomic E-state index is 12.0. The van der Waals surface area contributed by atoms with E-state index >= 15 is 0 Å². The number of nitrogens with zero attached hydrogens (tertiary/aromatic N) is 1. The van der Waals surface area contributed by atoms with Crippen molar-refractivity contribution in [2.45, 2.75) is 12.8 Å². The summed E-state index contributed by atoms with van der Waals surface area (Å²) in [6.45, 7) is 0.430. The number of hydrogen-bond donors (Lipinski definition) is 0. The van der Waals surface area contributed by atoms with Gasteiger partial charge in [0, 0.05) is 5.56 Å². The van der Waals surface area contributed by atoms with E-state index in [1.165, 1.54) is 6.26 Å². The van der Waals surface area contributed by atoms with Crippen LogP contribution in [-0.2, 0) is 4.74 Å². The van der Waals surface area contributed by atoms with E-state index in [9.17, 15) is 4.79 Å². The third-order valence-electron chi connectivity index (χ3n) is 3.14. The Balaban J connectivity index is 1.90. The van der Waals surface area contributed by atoms with Crippen LogP contribution < -0.4 is 0 Å². The Hall–Kier alpha value is -1.52. The van der Waals surface area contributed by atoms with E-state index in [-0.39, 0.29) is 5.56 Å². The molecule has 1 saturated carbocycles. The van der Waals surface area contributed by atoms with Crippen molar-refractivity contribution in [2.75, 3.05) is 6.61 Å². The van der Waals surface area contributed by atoms with Crippen molar-refractivity contribution in [3.05, 3.63) is 40.1 Å². The van der Waals surface area contributed by atoms with Crippen molar-refractivity contribution >= 4 is 29.2 Å². The molecular formula is C14H11Cl2NO3. The fraction of sp³-hybridized carbons (Fsp3) is 0.286. The van der Waals surface area contributed by atoms with Crippen molar-refractivity contribution in [2.24, 2.45) is 5.92 Å². The van der Waals surface area contributed by atoms with Crippen molar-refractivity contribution in [3.63, 3.8) is 0 Å². The van der Waals surface area contributed by atoms with E-state index in [0.29, 0.717) is 33.8 Å². The summed E-state index contributed by atoms with van der Waals surface area (Å²) in [7, 11) is 0. The van der Waals surface area contributed by atoms with Crippen LogP contribution in [0.5, 0.6) is 0 Å². The number of ether oxygens (including phenoxy) is 1. The molecule has 1 aliphatic rings. The Morgan fingerprint density at radius 3 is 2.70 bits per heavy atom. The summed E-state index contributed by atoms with van der Waals surface area (Å²) >= 11 is 12.2. The molecule has 0 spiro atoms. The Kier molecular flexibility index (Phi) is 3.68. The highest BCUT2D eigenvalue weighted by Gasteiger charge is 2.26. The molecule has 1 fully saturated rings. The Labute approximate surface area is 125 Å². The molecule has 4 nitrogen and oxygen atoms in total. The fourth-order valence-corrected chi connectivity index (χ4v) is 2.42. The van der Waals surface area contributed by atoms with Crippen molar-refractivity contribution in [3.8, 4) is 11.3 Å². The van der Waals surface area contributed by atoms with Gasteiger partial charge in [0.2, 0.25) is 0 Å². The van der Waals surface area contributed by atoms with E-state index in [2.05, 4.69) is 5.16 Å². The molecule has 0 N–H and O–H groups in total. The lowest BCUT2D eigenvalue weighted by atomic mass is 10.1. The van der Waals surface area contributed by atoms with Crippen LogP contribution in [0.1, 0.15) is 23.2 Å². The van der Waals surface area contributed by atoms with Crippen LogP contribution in [0.25, 0.3) is 11.3 Å². The first-order valence-corrected chi connectivity index (χ1v) is 6.98. The number of carbonyl (C=O) groups excluding carboxylic acids is 1. The van der Waals surface area contributed by atoms with Crippen LogP contribution >= 0.6 is 23.2 Å². The molecule has 6 heteroatoms. The lowest BCUT2D eigenvalue weighted by molar-refractivity contribution is 0.0486. The first-order chi connectivity index (χ1) is 9.66. The lowest BCUT2D eigenvalue weighted by Gasteiger charge is -2.06. The molecule has 1 aliphatic carbocycles. The van der Waals surface area contributed by atoms with Gasteiger partial charge in [-0.2, -0.15) is 0 Å². The second-order valence-electron chi connectivity index (χ2n) is 4.72. The predicted molar refractivity (Wildman–Crippen MR) is 75.0 cm³/mol. The summed E-state index contributed by atoms with van der Waals surface area (Å²) in [4.78, 5) is 12.0. The molecule has 0 saturated heterocycles. The second kappa shape index (κ2) is 5.46. The fourth-order valence-electron chi connectivity index (χ4n) is 1.84. The summed E-state index contributed by atoms with van der Waals surface area (Å²) < 4.78 is 10.1. The summed E-state index contributed by atoms with van der Waals surface area (Å²) in [6.07, 6.45) is 3.48. The molecule has 20 heavy (non-hydrogen) atoms. The summed E-state index contributed by atoms with van der Waals surface area (Å²) in [5.41, 5.74) is 1.02. The zero-order valence-electron chi connectivity index (χ0n) is 10.4. The average Bonchev–Trinajstić information content (AvgIpc) is 3.13. The maximum absolute atomic E-state index is 12.0. The number of esters is 1. The van der Waals surface area contributed by atoms with Gasteiger partial charge in [-0.3, -0.25) is 0 Å². The first-order valence-electron chi connectivity index (χ1n) is 6.22. The first kappa shape index (κ1) is 13.5. The number of aromatic nitrogens is 1. The molecule has 1 aromatic heterocycles. The number of halogens is 2. The highest BCUT2D eigenvalue weighted by Crippen LogP contribution is 2.36. The molecule has 2 aromatic rings. The molecule has 0 radical (unpaired) electrons. The van der Waals surface area contributed by atoms with Crippen LogP contribution in [-0.4, -0.2) is 17.7 Å². The van der Waals surface area contributed by atoms with Crippen LogP contribution in [0.2, 0.25) is 10.0 Å². The van der Waals surface area contributed by atoms with Crippen molar-refractivity contribution in [1.82, 2.24) is 5.16 Å². The minimum atomic E-state index is -0.468. The van der Waals surface area contributed by atoms with Crippen molar-refractivity contribution in [1.29, 1.82) is 0 Å². The molecule has 104 valence electrons. The van der Waals surface area contributed by atoms with Gasteiger partial charge in [0.1, 0.15) is 17.5 Å². The predicted octanol–water partition coefficient (Wildman–Crippen LogP) is 4.22. The molecule has 3 rings (SSSR count). The summed E-state index contributed by atoms with van der Waals surface area (Å²) in [5.74, 6) is 0.0234. The zero-order valence-corrected chi connectivity index (χ0v) is 11.9. The third kappa shape index (κ3) is 2.67. The van der Waals surface area contributed by atoms with Gasteiger partial charge in [-0.15, -0.1) is 0 Å². The van der Waals surface area contributed by atoms with E-state index in [1.807, 2.05) is 0 Å². The van der Waals surface area contributed by atoms with E-state index < -0.39 is 5.97 Å². The van der Waals surface area contributed by atoms with Crippen molar-refractivity contribution < 1.29 is 14.1 Å². The number of hydrogen-bond acceptors (Lipinski definition) is 4. The summed E-state index contributed by atoms with van der Waals surface area (Å²) in [5, 5.41) is 4.64. The molecule has 0 atom stereocenters. The normalized spacial score (nSPS) is 14.3. The summed E-state index contributed by atoms with van der Waals surface area (Å²) in [6, 6.07) is 5.08. The van der Waals surface area contributed by atoms with Crippen LogP contribution in [0.4, 0.5) is 0 Å². The largest absolute Gasteiger partial charge is 0.462 e. The Bertz CT molecular complexity index is 629. The molecule has 0 unspecified atom stereocenters. The van der Waals surface area contributed by atoms with Gasteiger partial charge < -0.3 is 9.26 Å². The zero-order chi connectivity index (χ0) is 14.1.